The van der Waals surface area contributed by atoms with Gasteiger partial charge < -0.3 is 14.6 Å². The lowest BCUT2D eigenvalue weighted by Gasteiger charge is -2.16. The molecule has 0 radical (unpaired) electrons. The van der Waals surface area contributed by atoms with E-state index < -0.39 is 0 Å². The molecule has 0 saturated carbocycles. The Hall–Kier alpha value is -2.89. The Morgan fingerprint density at radius 3 is 2.56 bits per heavy atom. The summed E-state index contributed by atoms with van der Waals surface area (Å²) >= 11 is 0. The summed E-state index contributed by atoms with van der Waals surface area (Å²) in [6.07, 6.45) is 0. The van der Waals surface area contributed by atoms with Crippen LogP contribution in [0.3, 0.4) is 0 Å². The second-order valence-corrected chi connectivity index (χ2v) is 6.10. The Balaban J connectivity index is 1.76. The summed E-state index contributed by atoms with van der Waals surface area (Å²) in [5.74, 6) is 1.39. The number of carbonyl (C=O) groups is 1. The molecule has 25 heavy (non-hydrogen) atoms. The summed E-state index contributed by atoms with van der Waals surface area (Å²) in [7, 11) is 1.65. The van der Waals surface area contributed by atoms with Gasteiger partial charge in [0.1, 0.15) is 11.8 Å². The van der Waals surface area contributed by atoms with Crippen LogP contribution in [0.25, 0.3) is 10.8 Å². The SMILES string of the molecule is COc1ccc2cc([C@H](C)C(=O)NC(C)c3nc(C)no3)ccc2c1. The number of ether oxygens (including phenoxy) is 1. The van der Waals surface area contributed by atoms with Crippen molar-refractivity contribution in [3.63, 3.8) is 0 Å². The van der Waals surface area contributed by atoms with Gasteiger partial charge in [0.15, 0.2) is 5.82 Å². The van der Waals surface area contributed by atoms with E-state index in [0.29, 0.717) is 11.7 Å². The number of carbonyl (C=O) groups excluding carboxylic acids is 1. The number of methoxy groups -OCH3 is 1. The fraction of sp³-hybridized carbons (Fsp3) is 0.316. The molecule has 0 aliphatic carbocycles. The van der Waals surface area contributed by atoms with E-state index in [4.69, 9.17) is 9.26 Å². The molecule has 0 bridgehead atoms. The van der Waals surface area contributed by atoms with Crippen LogP contribution < -0.4 is 10.1 Å². The summed E-state index contributed by atoms with van der Waals surface area (Å²) in [6.45, 7) is 5.45. The zero-order chi connectivity index (χ0) is 18.0. The summed E-state index contributed by atoms with van der Waals surface area (Å²) in [5.41, 5.74) is 0.948. The molecular weight excluding hydrogens is 318 g/mol. The van der Waals surface area contributed by atoms with Crippen LogP contribution in [0.15, 0.2) is 40.9 Å². The van der Waals surface area contributed by atoms with Gasteiger partial charge in [-0.3, -0.25) is 4.79 Å². The van der Waals surface area contributed by atoms with E-state index in [2.05, 4.69) is 15.5 Å². The predicted octanol–water partition coefficient (Wildman–Crippen LogP) is 3.52. The molecule has 6 nitrogen and oxygen atoms in total. The molecule has 3 aromatic rings. The number of hydrogen-bond donors (Lipinski definition) is 1. The number of fused-ring (bicyclic) bond motifs is 1. The molecule has 2 aromatic carbocycles. The molecule has 1 N–H and O–H groups in total. The quantitative estimate of drug-likeness (QED) is 0.769. The molecule has 2 atom stereocenters. The lowest BCUT2D eigenvalue weighted by Crippen LogP contribution is -2.30. The maximum Gasteiger partial charge on any atom is 0.248 e. The molecule has 1 heterocycles. The highest BCUT2D eigenvalue weighted by molar-refractivity contribution is 5.88. The fourth-order valence-electron chi connectivity index (χ4n) is 2.68. The number of benzene rings is 2. The van der Waals surface area contributed by atoms with Crippen LogP contribution in [-0.4, -0.2) is 23.2 Å². The van der Waals surface area contributed by atoms with Crippen molar-refractivity contribution in [2.75, 3.05) is 7.11 Å². The molecule has 0 saturated heterocycles. The molecule has 6 heteroatoms. The number of nitrogens with zero attached hydrogens (tertiary/aromatic N) is 2. The van der Waals surface area contributed by atoms with Gasteiger partial charge in [-0.2, -0.15) is 4.98 Å². The number of hydrogen-bond acceptors (Lipinski definition) is 5. The smallest absolute Gasteiger partial charge is 0.248 e. The zero-order valence-electron chi connectivity index (χ0n) is 14.7. The van der Waals surface area contributed by atoms with Crippen molar-refractivity contribution in [2.24, 2.45) is 0 Å². The van der Waals surface area contributed by atoms with Crippen molar-refractivity contribution in [3.05, 3.63) is 53.7 Å². The molecular formula is C19H21N3O3. The molecule has 0 aliphatic rings. The summed E-state index contributed by atoms with van der Waals surface area (Å²) < 4.78 is 10.3. The number of rotatable bonds is 5. The van der Waals surface area contributed by atoms with Crippen molar-refractivity contribution >= 4 is 16.7 Å². The van der Waals surface area contributed by atoms with Crippen LogP contribution in [0, 0.1) is 6.92 Å². The minimum Gasteiger partial charge on any atom is -0.497 e. The lowest BCUT2D eigenvalue weighted by atomic mass is 9.96. The largest absolute Gasteiger partial charge is 0.497 e. The average Bonchev–Trinajstić information content (AvgIpc) is 3.06. The first kappa shape index (κ1) is 17.0. The van der Waals surface area contributed by atoms with Gasteiger partial charge in [0.2, 0.25) is 11.8 Å². The first-order valence-corrected chi connectivity index (χ1v) is 8.16. The predicted molar refractivity (Wildman–Crippen MR) is 94.5 cm³/mol. The second-order valence-electron chi connectivity index (χ2n) is 6.10. The fourth-order valence-corrected chi connectivity index (χ4v) is 2.68. The van der Waals surface area contributed by atoms with Crippen molar-refractivity contribution in [2.45, 2.75) is 32.7 Å². The van der Waals surface area contributed by atoms with Crippen LogP contribution in [0.4, 0.5) is 0 Å². The summed E-state index contributed by atoms with van der Waals surface area (Å²) in [5, 5.41) is 8.81. The third-order valence-corrected chi connectivity index (χ3v) is 4.24. The van der Waals surface area contributed by atoms with Gasteiger partial charge in [0.05, 0.1) is 13.0 Å². The maximum atomic E-state index is 12.5. The maximum absolute atomic E-state index is 12.5. The van der Waals surface area contributed by atoms with E-state index >= 15 is 0 Å². The van der Waals surface area contributed by atoms with Crippen LogP contribution in [0.2, 0.25) is 0 Å². The minimum atomic E-state index is -0.333. The molecule has 3 rings (SSSR count). The lowest BCUT2D eigenvalue weighted by molar-refractivity contribution is -0.123. The molecule has 1 amide bonds. The number of aromatic nitrogens is 2. The van der Waals surface area contributed by atoms with E-state index in [-0.39, 0.29) is 17.9 Å². The summed E-state index contributed by atoms with van der Waals surface area (Å²) in [4.78, 5) is 16.7. The first-order valence-electron chi connectivity index (χ1n) is 8.16. The normalized spacial score (nSPS) is 13.4. The molecule has 1 unspecified atom stereocenters. The molecule has 130 valence electrons. The summed E-state index contributed by atoms with van der Waals surface area (Å²) in [6, 6.07) is 11.5. The molecule has 0 spiro atoms. The van der Waals surface area contributed by atoms with Gasteiger partial charge in [-0.1, -0.05) is 29.4 Å². The second kappa shape index (κ2) is 6.93. The highest BCUT2D eigenvalue weighted by Crippen LogP contribution is 2.25. The molecule has 1 aromatic heterocycles. The van der Waals surface area contributed by atoms with E-state index in [0.717, 1.165) is 22.1 Å². The molecule has 0 fully saturated rings. The third kappa shape index (κ3) is 3.63. The monoisotopic (exact) mass is 339 g/mol. The Bertz CT molecular complexity index is 904. The van der Waals surface area contributed by atoms with E-state index in [1.165, 1.54) is 0 Å². The van der Waals surface area contributed by atoms with E-state index in [9.17, 15) is 4.79 Å². The standard InChI is InChI=1S/C19H21N3O3/c1-11(18(23)20-12(2)19-21-13(3)22-25-19)14-5-6-16-10-17(24-4)8-7-15(16)9-14/h5-12H,1-4H3,(H,20,23)/t11-,12?/m0/s1. The van der Waals surface area contributed by atoms with Crippen molar-refractivity contribution in [3.8, 4) is 5.75 Å². The van der Waals surface area contributed by atoms with Crippen molar-refractivity contribution in [1.82, 2.24) is 15.5 Å². The Labute approximate surface area is 146 Å². The van der Waals surface area contributed by atoms with Crippen molar-refractivity contribution in [1.29, 1.82) is 0 Å². The Morgan fingerprint density at radius 1 is 1.16 bits per heavy atom. The topological polar surface area (TPSA) is 77.2 Å². The van der Waals surface area contributed by atoms with Gasteiger partial charge in [0, 0.05) is 0 Å². The van der Waals surface area contributed by atoms with Gasteiger partial charge in [0.25, 0.3) is 0 Å². The highest BCUT2D eigenvalue weighted by Gasteiger charge is 2.21. The van der Waals surface area contributed by atoms with Gasteiger partial charge in [-0.05, 0) is 49.2 Å². The number of aryl methyl sites for hydroxylation is 1. The zero-order valence-corrected chi connectivity index (χ0v) is 14.7. The average molecular weight is 339 g/mol. The Morgan fingerprint density at radius 2 is 1.88 bits per heavy atom. The first-order chi connectivity index (χ1) is 12.0. The van der Waals surface area contributed by atoms with Crippen LogP contribution in [-0.2, 0) is 4.79 Å². The third-order valence-electron chi connectivity index (χ3n) is 4.24. The van der Waals surface area contributed by atoms with Crippen LogP contribution >= 0.6 is 0 Å². The number of amides is 1. The highest BCUT2D eigenvalue weighted by atomic mass is 16.5. The Kier molecular flexibility index (Phi) is 4.70. The molecule has 0 aliphatic heterocycles. The van der Waals surface area contributed by atoms with Gasteiger partial charge in [-0.25, -0.2) is 0 Å². The van der Waals surface area contributed by atoms with E-state index in [1.54, 1.807) is 14.0 Å². The van der Waals surface area contributed by atoms with Gasteiger partial charge in [-0.15, -0.1) is 0 Å². The van der Waals surface area contributed by atoms with Gasteiger partial charge >= 0.3 is 0 Å². The number of nitrogens with one attached hydrogen (secondary N) is 1. The minimum absolute atomic E-state index is 0.0868. The van der Waals surface area contributed by atoms with Crippen LogP contribution in [0.5, 0.6) is 5.75 Å². The van der Waals surface area contributed by atoms with Crippen LogP contribution in [0.1, 0.15) is 43.1 Å². The van der Waals surface area contributed by atoms with Crippen molar-refractivity contribution < 1.29 is 14.1 Å². The van der Waals surface area contributed by atoms with E-state index in [1.807, 2.05) is 50.2 Å².